The van der Waals surface area contributed by atoms with Crippen LogP contribution in [0.2, 0.25) is 5.02 Å². The van der Waals surface area contributed by atoms with Crippen LogP contribution in [-0.4, -0.2) is 12.0 Å². The van der Waals surface area contributed by atoms with Crippen molar-refractivity contribution in [1.82, 2.24) is 5.32 Å². The fourth-order valence-corrected chi connectivity index (χ4v) is 2.20. The highest BCUT2D eigenvalue weighted by molar-refractivity contribution is 6.32. The Hall–Kier alpha value is -2.07. The van der Waals surface area contributed by atoms with Gasteiger partial charge < -0.3 is 10.1 Å². The van der Waals surface area contributed by atoms with E-state index in [4.69, 9.17) is 16.3 Å². The Balaban J connectivity index is 2.00. The van der Waals surface area contributed by atoms with Crippen molar-refractivity contribution >= 4 is 17.5 Å². The molecule has 22 heavy (non-hydrogen) atoms. The lowest BCUT2D eigenvalue weighted by Crippen LogP contribution is -2.38. The number of hydrogen-bond donors (Lipinski definition) is 1. The van der Waals surface area contributed by atoms with Gasteiger partial charge in [0, 0.05) is 5.56 Å². The Kier molecular flexibility index (Phi) is 5.39. The second-order valence-electron chi connectivity index (χ2n) is 4.94. The predicted octanol–water partition coefficient (Wildman–Crippen LogP) is 4.12. The summed E-state index contributed by atoms with van der Waals surface area (Å²) in [7, 11) is 0. The Morgan fingerprint density at radius 1 is 1.14 bits per heavy atom. The van der Waals surface area contributed by atoms with Gasteiger partial charge in [-0.15, -0.1) is 0 Å². The third-order valence-corrected chi connectivity index (χ3v) is 3.55. The van der Waals surface area contributed by atoms with Crippen LogP contribution in [0.1, 0.15) is 25.5 Å². The maximum absolute atomic E-state index is 13.7. The highest BCUT2D eigenvalue weighted by Gasteiger charge is 2.19. The van der Waals surface area contributed by atoms with Gasteiger partial charge in [-0.2, -0.15) is 0 Å². The van der Waals surface area contributed by atoms with Crippen LogP contribution >= 0.6 is 11.6 Å². The molecule has 0 aliphatic heterocycles. The first kappa shape index (κ1) is 16.3. The van der Waals surface area contributed by atoms with Gasteiger partial charge in [-0.05, 0) is 32.0 Å². The molecule has 0 unspecified atom stereocenters. The van der Waals surface area contributed by atoms with E-state index in [1.807, 2.05) is 0 Å². The molecule has 1 N–H and O–H groups in total. The molecule has 0 saturated carbocycles. The van der Waals surface area contributed by atoms with Crippen molar-refractivity contribution in [2.75, 3.05) is 0 Å². The zero-order chi connectivity index (χ0) is 16.1. The molecule has 0 heterocycles. The van der Waals surface area contributed by atoms with Crippen LogP contribution < -0.4 is 10.1 Å². The molecule has 0 aromatic heterocycles. The Labute approximate surface area is 134 Å². The van der Waals surface area contributed by atoms with Gasteiger partial charge in [-0.25, -0.2) is 4.39 Å². The third kappa shape index (κ3) is 3.98. The van der Waals surface area contributed by atoms with E-state index in [9.17, 15) is 9.18 Å². The average Bonchev–Trinajstić information content (AvgIpc) is 2.49. The van der Waals surface area contributed by atoms with Crippen molar-refractivity contribution in [2.24, 2.45) is 0 Å². The van der Waals surface area contributed by atoms with Crippen LogP contribution in [0.5, 0.6) is 5.75 Å². The lowest BCUT2D eigenvalue weighted by atomic mass is 10.1. The normalized spacial score (nSPS) is 13.3. The minimum absolute atomic E-state index is 0.337. The number of ether oxygens (including phenoxy) is 1. The summed E-state index contributed by atoms with van der Waals surface area (Å²) in [6, 6.07) is 12.8. The van der Waals surface area contributed by atoms with E-state index in [-0.39, 0.29) is 11.7 Å². The first-order valence-electron chi connectivity index (χ1n) is 6.95. The number of hydrogen-bond acceptors (Lipinski definition) is 2. The summed E-state index contributed by atoms with van der Waals surface area (Å²) < 4.78 is 19.2. The summed E-state index contributed by atoms with van der Waals surface area (Å²) in [6.45, 7) is 3.34. The quantitative estimate of drug-likeness (QED) is 0.899. The molecule has 1 amide bonds. The number of benzene rings is 2. The zero-order valence-electron chi connectivity index (χ0n) is 12.3. The largest absolute Gasteiger partial charge is 0.479 e. The SMILES string of the molecule is C[C@H](Oc1ccccc1Cl)C(=O)N[C@@H](C)c1ccccc1F. The summed E-state index contributed by atoms with van der Waals surface area (Å²) in [5.41, 5.74) is 0.431. The molecule has 2 aromatic carbocycles. The van der Waals surface area contributed by atoms with Gasteiger partial charge in [-0.1, -0.05) is 41.9 Å². The Morgan fingerprint density at radius 2 is 1.77 bits per heavy atom. The lowest BCUT2D eigenvalue weighted by molar-refractivity contribution is -0.127. The molecule has 2 atom stereocenters. The van der Waals surface area contributed by atoms with Gasteiger partial charge in [0.1, 0.15) is 11.6 Å². The van der Waals surface area contributed by atoms with Gasteiger partial charge in [0.05, 0.1) is 11.1 Å². The van der Waals surface area contributed by atoms with Crippen molar-refractivity contribution in [1.29, 1.82) is 0 Å². The topological polar surface area (TPSA) is 38.3 Å². The van der Waals surface area contributed by atoms with E-state index < -0.39 is 12.1 Å². The summed E-state index contributed by atoms with van der Waals surface area (Å²) in [6.07, 6.45) is -0.742. The van der Waals surface area contributed by atoms with Gasteiger partial charge in [0.15, 0.2) is 6.10 Å². The second-order valence-corrected chi connectivity index (χ2v) is 5.35. The molecule has 0 bridgehead atoms. The molecular weight excluding hydrogens is 305 g/mol. The summed E-state index contributed by atoms with van der Waals surface area (Å²) >= 11 is 5.99. The third-order valence-electron chi connectivity index (χ3n) is 3.24. The Bertz CT molecular complexity index is 663. The van der Waals surface area contributed by atoms with E-state index in [0.29, 0.717) is 16.3 Å². The molecule has 0 spiro atoms. The van der Waals surface area contributed by atoms with Crippen LogP contribution in [0.15, 0.2) is 48.5 Å². The van der Waals surface area contributed by atoms with Crippen LogP contribution in [-0.2, 0) is 4.79 Å². The standard InChI is InChI=1S/C17H17ClFNO2/c1-11(13-7-3-5-9-15(13)19)20-17(21)12(2)22-16-10-6-4-8-14(16)18/h3-12H,1-2H3,(H,20,21)/t11-,12-/m0/s1. The first-order chi connectivity index (χ1) is 10.5. The fraction of sp³-hybridized carbons (Fsp3) is 0.235. The molecular formula is C17H17ClFNO2. The number of rotatable bonds is 5. The molecule has 2 aromatic rings. The number of carbonyl (C=O) groups is 1. The molecule has 0 aliphatic rings. The number of para-hydroxylation sites is 1. The van der Waals surface area contributed by atoms with E-state index in [1.54, 1.807) is 56.3 Å². The van der Waals surface area contributed by atoms with Crippen LogP contribution in [0.3, 0.4) is 0 Å². The van der Waals surface area contributed by atoms with Gasteiger partial charge in [0.2, 0.25) is 0 Å². The molecule has 0 fully saturated rings. The summed E-state index contributed by atoms with van der Waals surface area (Å²) in [4.78, 5) is 12.2. The first-order valence-corrected chi connectivity index (χ1v) is 7.33. The van der Waals surface area contributed by atoms with Crippen LogP contribution in [0, 0.1) is 5.82 Å². The lowest BCUT2D eigenvalue weighted by Gasteiger charge is -2.19. The predicted molar refractivity (Wildman–Crippen MR) is 84.5 cm³/mol. The van der Waals surface area contributed by atoms with E-state index in [0.717, 1.165) is 0 Å². The van der Waals surface area contributed by atoms with Crippen molar-refractivity contribution < 1.29 is 13.9 Å². The number of halogens is 2. The smallest absolute Gasteiger partial charge is 0.261 e. The zero-order valence-corrected chi connectivity index (χ0v) is 13.1. The monoisotopic (exact) mass is 321 g/mol. The van der Waals surface area contributed by atoms with Crippen LogP contribution in [0.25, 0.3) is 0 Å². The molecule has 116 valence electrons. The molecule has 0 saturated heterocycles. The van der Waals surface area contributed by atoms with Crippen molar-refractivity contribution in [2.45, 2.75) is 26.0 Å². The maximum Gasteiger partial charge on any atom is 0.261 e. The van der Waals surface area contributed by atoms with Gasteiger partial charge in [0.25, 0.3) is 5.91 Å². The van der Waals surface area contributed by atoms with Gasteiger partial charge >= 0.3 is 0 Å². The van der Waals surface area contributed by atoms with E-state index >= 15 is 0 Å². The number of carbonyl (C=O) groups excluding carboxylic acids is 1. The molecule has 0 radical (unpaired) electrons. The summed E-state index contributed by atoms with van der Waals surface area (Å²) in [5, 5.41) is 3.16. The molecule has 3 nitrogen and oxygen atoms in total. The maximum atomic E-state index is 13.7. The highest BCUT2D eigenvalue weighted by Crippen LogP contribution is 2.24. The number of nitrogens with one attached hydrogen (secondary N) is 1. The van der Waals surface area contributed by atoms with Crippen LogP contribution in [0.4, 0.5) is 4.39 Å². The summed E-state index contributed by atoms with van der Waals surface area (Å²) in [5.74, 6) is -0.254. The minimum Gasteiger partial charge on any atom is -0.479 e. The average molecular weight is 322 g/mol. The van der Waals surface area contributed by atoms with Crippen molar-refractivity contribution in [3.63, 3.8) is 0 Å². The fourth-order valence-electron chi connectivity index (χ4n) is 2.02. The number of amides is 1. The molecule has 0 aliphatic carbocycles. The highest BCUT2D eigenvalue weighted by atomic mass is 35.5. The second kappa shape index (κ2) is 7.27. The molecule has 2 rings (SSSR count). The van der Waals surface area contributed by atoms with Crippen molar-refractivity contribution in [3.8, 4) is 5.75 Å². The molecule has 5 heteroatoms. The Morgan fingerprint density at radius 3 is 2.45 bits per heavy atom. The van der Waals surface area contributed by atoms with E-state index in [2.05, 4.69) is 5.32 Å². The van der Waals surface area contributed by atoms with E-state index in [1.165, 1.54) is 6.07 Å². The van der Waals surface area contributed by atoms with Gasteiger partial charge in [-0.3, -0.25) is 4.79 Å². The minimum atomic E-state index is -0.742. The van der Waals surface area contributed by atoms with Crippen molar-refractivity contribution in [3.05, 3.63) is 64.9 Å².